The van der Waals surface area contributed by atoms with Crippen LogP contribution in [0.4, 0.5) is 0 Å². The summed E-state index contributed by atoms with van der Waals surface area (Å²) in [5.74, 6) is -1.05. The molecule has 2 aromatic carbocycles. The molecule has 0 aliphatic heterocycles. The molecular formula is C24H22O4. The van der Waals surface area contributed by atoms with Crippen molar-refractivity contribution < 1.29 is 19.2 Å². The molecule has 3 aliphatic carbocycles. The Morgan fingerprint density at radius 1 is 0.714 bits per heavy atom. The van der Waals surface area contributed by atoms with Gasteiger partial charge < -0.3 is 0 Å². The normalized spacial score (nSPS) is 26.5. The predicted octanol–water partition coefficient (Wildman–Crippen LogP) is 4.31. The van der Waals surface area contributed by atoms with E-state index in [0.29, 0.717) is 11.1 Å². The molecule has 5 rings (SSSR count). The average Bonchev–Trinajstić information content (AvgIpc) is 3.01. The smallest absolute Gasteiger partial charge is 0.234 e. The van der Waals surface area contributed by atoms with Gasteiger partial charge in [0.05, 0.1) is 0 Å². The van der Waals surface area contributed by atoms with Gasteiger partial charge in [0.1, 0.15) is 0 Å². The fourth-order valence-corrected chi connectivity index (χ4v) is 4.87. The number of Topliss-reactive ketones (excluding diaryl/α,β-unsaturated/α-hetero) is 4. The number of carbonyl (C=O) groups excluding carboxylic acids is 4. The maximum atomic E-state index is 11.8. The molecule has 0 spiro atoms. The molecular weight excluding hydrogens is 352 g/mol. The molecule has 2 aromatic rings. The molecule has 2 fully saturated rings. The van der Waals surface area contributed by atoms with Crippen molar-refractivity contribution in [3.05, 3.63) is 59.7 Å². The van der Waals surface area contributed by atoms with Crippen LogP contribution in [-0.4, -0.2) is 23.1 Å². The number of fused-ring (bicyclic) bond motifs is 5. The van der Waals surface area contributed by atoms with Gasteiger partial charge >= 0.3 is 0 Å². The van der Waals surface area contributed by atoms with Gasteiger partial charge in [-0.2, -0.15) is 0 Å². The largest absolute Gasteiger partial charge is 0.291 e. The first-order valence-electron chi connectivity index (χ1n) is 9.56. The minimum Gasteiger partial charge on any atom is -0.291 e. The highest BCUT2D eigenvalue weighted by Gasteiger charge is 2.66. The molecule has 4 heteroatoms. The summed E-state index contributed by atoms with van der Waals surface area (Å²) < 4.78 is 0. The molecule has 2 atom stereocenters. The lowest BCUT2D eigenvalue weighted by atomic mass is 9.70. The van der Waals surface area contributed by atoms with Gasteiger partial charge in [0.2, 0.25) is 23.1 Å². The third kappa shape index (κ3) is 2.30. The Hall–Kier alpha value is -2.88. The monoisotopic (exact) mass is 374 g/mol. The van der Waals surface area contributed by atoms with Crippen molar-refractivity contribution >= 4 is 23.1 Å². The van der Waals surface area contributed by atoms with E-state index < -0.39 is 11.6 Å². The van der Waals surface area contributed by atoms with Crippen molar-refractivity contribution in [2.75, 3.05) is 0 Å². The maximum absolute atomic E-state index is 11.8. The molecule has 28 heavy (non-hydrogen) atoms. The standard InChI is InChI=1S/C14H8O2.C10H14O2/c15-13-11-7-3-1-5-9(11)10-6-2-4-8-12(10)14(13)16;1-9(2)6-4-5-10(9,3)8(12)7(6)11/h1-8H;6H,4-5H2,1-3H3. The van der Waals surface area contributed by atoms with Gasteiger partial charge in [0.15, 0.2) is 0 Å². The summed E-state index contributed by atoms with van der Waals surface area (Å²) >= 11 is 0. The summed E-state index contributed by atoms with van der Waals surface area (Å²) in [6, 6.07) is 14.4. The van der Waals surface area contributed by atoms with E-state index in [1.165, 1.54) is 0 Å². The topological polar surface area (TPSA) is 68.3 Å². The lowest BCUT2D eigenvalue weighted by Crippen LogP contribution is -2.33. The van der Waals surface area contributed by atoms with Crippen molar-refractivity contribution in [3.8, 4) is 11.1 Å². The van der Waals surface area contributed by atoms with Gasteiger partial charge in [-0.1, -0.05) is 69.3 Å². The predicted molar refractivity (Wildman–Crippen MR) is 105 cm³/mol. The van der Waals surface area contributed by atoms with Crippen molar-refractivity contribution in [3.63, 3.8) is 0 Å². The van der Waals surface area contributed by atoms with Crippen molar-refractivity contribution in [2.45, 2.75) is 33.6 Å². The zero-order valence-corrected chi connectivity index (χ0v) is 16.2. The Balaban J connectivity index is 0.000000143. The first kappa shape index (κ1) is 18.5. The number of carbonyl (C=O) groups is 4. The van der Waals surface area contributed by atoms with E-state index in [2.05, 4.69) is 0 Å². The molecule has 3 aliphatic rings. The highest BCUT2D eigenvalue weighted by Crippen LogP contribution is 2.61. The summed E-state index contributed by atoms with van der Waals surface area (Å²) in [6.07, 6.45) is 1.81. The average molecular weight is 374 g/mol. The van der Waals surface area contributed by atoms with Crippen LogP contribution in [0.2, 0.25) is 0 Å². The van der Waals surface area contributed by atoms with Crippen LogP contribution in [0.3, 0.4) is 0 Å². The summed E-state index contributed by atoms with van der Waals surface area (Å²) in [5, 5.41) is 0. The SMILES string of the molecule is CC12CCC(C(=O)C1=O)C2(C)C.O=C1C(=O)c2ccccc2-c2ccccc21. The van der Waals surface area contributed by atoms with E-state index in [-0.39, 0.29) is 28.3 Å². The molecule has 2 saturated carbocycles. The highest BCUT2D eigenvalue weighted by atomic mass is 16.2. The molecule has 0 amide bonds. The minimum atomic E-state index is -0.408. The number of hydrogen-bond acceptors (Lipinski definition) is 4. The fourth-order valence-electron chi connectivity index (χ4n) is 4.87. The molecule has 2 unspecified atom stereocenters. The Morgan fingerprint density at radius 3 is 1.46 bits per heavy atom. The number of ketones is 4. The quantitative estimate of drug-likeness (QED) is 0.644. The van der Waals surface area contributed by atoms with Gasteiger partial charge in [0.25, 0.3) is 0 Å². The van der Waals surface area contributed by atoms with E-state index >= 15 is 0 Å². The van der Waals surface area contributed by atoms with E-state index in [9.17, 15) is 19.2 Å². The summed E-state index contributed by atoms with van der Waals surface area (Å²) in [7, 11) is 0. The molecule has 0 radical (unpaired) electrons. The van der Waals surface area contributed by atoms with Crippen LogP contribution in [-0.2, 0) is 9.59 Å². The minimum absolute atomic E-state index is 0.00926. The number of rotatable bonds is 0. The second-order valence-electron chi connectivity index (χ2n) is 8.59. The molecule has 0 N–H and O–H groups in total. The van der Waals surface area contributed by atoms with Crippen LogP contribution in [0.1, 0.15) is 54.3 Å². The van der Waals surface area contributed by atoms with Crippen LogP contribution in [0.25, 0.3) is 11.1 Å². The van der Waals surface area contributed by atoms with Crippen molar-refractivity contribution in [2.24, 2.45) is 16.7 Å². The Labute approximate surface area is 164 Å². The Kier molecular flexibility index (Phi) is 4.00. The van der Waals surface area contributed by atoms with E-state index in [4.69, 9.17) is 0 Å². The van der Waals surface area contributed by atoms with Gasteiger partial charge in [0, 0.05) is 22.5 Å². The lowest BCUT2D eigenvalue weighted by Gasteiger charge is -2.31. The van der Waals surface area contributed by atoms with Crippen LogP contribution in [0.15, 0.2) is 48.5 Å². The highest BCUT2D eigenvalue weighted by molar-refractivity contribution is 6.53. The molecule has 2 bridgehead atoms. The second kappa shape index (κ2) is 6.06. The van der Waals surface area contributed by atoms with E-state index in [1.54, 1.807) is 24.3 Å². The Morgan fingerprint density at radius 2 is 1.14 bits per heavy atom. The van der Waals surface area contributed by atoms with Crippen LogP contribution >= 0.6 is 0 Å². The van der Waals surface area contributed by atoms with Crippen LogP contribution in [0, 0.1) is 16.7 Å². The van der Waals surface area contributed by atoms with Crippen LogP contribution < -0.4 is 0 Å². The molecule has 142 valence electrons. The van der Waals surface area contributed by atoms with Crippen LogP contribution in [0.5, 0.6) is 0 Å². The zero-order valence-electron chi connectivity index (χ0n) is 16.2. The number of hydrogen-bond donors (Lipinski definition) is 0. The van der Waals surface area contributed by atoms with Gasteiger partial charge in [-0.05, 0) is 29.4 Å². The number of benzene rings is 2. The lowest BCUT2D eigenvalue weighted by molar-refractivity contribution is -0.141. The van der Waals surface area contributed by atoms with Crippen molar-refractivity contribution in [1.29, 1.82) is 0 Å². The van der Waals surface area contributed by atoms with E-state index in [1.807, 2.05) is 45.0 Å². The first-order chi connectivity index (χ1) is 13.2. The zero-order chi connectivity index (χ0) is 20.3. The Bertz CT molecular complexity index is 991. The summed E-state index contributed by atoms with van der Waals surface area (Å²) in [6.45, 7) is 6.04. The summed E-state index contributed by atoms with van der Waals surface area (Å²) in [5.41, 5.74) is 2.26. The second-order valence-corrected chi connectivity index (χ2v) is 8.59. The van der Waals surface area contributed by atoms with E-state index in [0.717, 1.165) is 24.0 Å². The molecule has 0 saturated heterocycles. The summed E-state index contributed by atoms with van der Waals surface area (Å²) in [4.78, 5) is 46.7. The molecule has 4 nitrogen and oxygen atoms in total. The van der Waals surface area contributed by atoms with Gasteiger partial charge in [-0.25, -0.2) is 0 Å². The van der Waals surface area contributed by atoms with Gasteiger partial charge in [-0.15, -0.1) is 0 Å². The van der Waals surface area contributed by atoms with Crippen molar-refractivity contribution in [1.82, 2.24) is 0 Å². The maximum Gasteiger partial charge on any atom is 0.234 e. The van der Waals surface area contributed by atoms with Gasteiger partial charge in [-0.3, -0.25) is 19.2 Å². The first-order valence-corrected chi connectivity index (χ1v) is 9.56. The third-order valence-corrected chi connectivity index (χ3v) is 7.11. The fraction of sp³-hybridized carbons (Fsp3) is 0.333. The molecule has 0 heterocycles. The molecule has 0 aromatic heterocycles. The third-order valence-electron chi connectivity index (χ3n) is 7.11.